The van der Waals surface area contributed by atoms with Gasteiger partial charge in [0, 0.05) is 36.3 Å². The number of nitrogens with one attached hydrogen (secondary N) is 2. The third-order valence-electron chi connectivity index (χ3n) is 9.01. The molecular formula is C26H40Cl3N5O2. The highest BCUT2D eigenvalue weighted by Crippen LogP contribution is 2.35. The number of piperidine rings is 4. The van der Waals surface area contributed by atoms with Crippen molar-refractivity contribution in [3.05, 3.63) is 23.8 Å². The van der Waals surface area contributed by atoms with Gasteiger partial charge in [0.25, 0.3) is 11.9 Å². The van der Waals surface area contributed by atoms with Gasteiger partial charge in [0.15, 0.2) is 5.58 Å². The van der Waals surface area contributed by atoms with Gasteiger partial charge in [-0.05, 0) is 77.6 Å². The standard InChI is InChI=1S/C26H37N5O2.3ClH/c1-30-18-6-3-7-19(30)13-16(12-18)27-25(32)22-10-5-11-23-24(22)29-26(33-23)28-17-14-20-8-4-9-21(15-17)31(20)2;;;/h5,10-11,16-21H,3-4,6-9,12-15H2,1-2H3,(H,27,32)(H,28,29);3*1H. The highest BCUT2D eigenvalue weighted by Gasteiger charge is 2.38. The maximum atomic E-state index is 13.3. The molecule has 0 aliphatic carbocycles. The fourth-order valence-corrected chi connectivity index (χ4v) is 7.10. The van der Waals surface area contributed by atoms with Crippen molar-refractivity contribution in [1.82, 2.24) is 20.1 Å². The van der Waals surface area contributed by atoms with E-state index in [1.165, 1.54) is 38.5 Å². The molecule has 7 nitrogen and oxygen atoms in total. The quantitative estimate of drug-likeness (QED) is 0.531. The van der Waals surface area contributed by atoms with Crippen molar-refractivity contribution in [1.29, 1.82) is 0 Å². The van der Waals surface area contributed by atoms with Crippen molar-refractivity contribution < 1.29 is 9.21 Å². The zero-order chi connectivity index (χ0) is 22.5. The number of aromatic nitrogens is 1. The Morgan fingerprint density at radius 3 is 1.94 bits per heavy atom. The molecule has 0 saturated carbocycles. The molecule has 0 spiro atoms. The predicted octanol–water partition coefficient (Wildman–Crippen LogP) is 5.27. The fourth-order valence-electron chi connectivity index (χ4n) is 7.10. The summed E-state index contributed by atoms with van der Waals surface area (Å²) in [5.74, 6) is -0.0260. The van der Waals surface area contributed by atoms with E-state index in [1.807, 2.05) is 18.2 Å². The van der Waals surface area contributed by atoms with Crippen LogP contribution in [0.1, 0.15) is 74.6 Å². The van der Waals surface area contributed by atoms with Gasteiger partial charge in [0.2, 0.25) is 0 Å². The Bertz CT molecular complexity index is 1010. The minimum Gasteiger partial charge on any atom is -0.424 e. The van der Waals surface area contributed by atoms with Crippen LogP contribution in [0.15, 0.2) is 22.6 Å². The number of hydrogen-bond acceptors (Lipinski definition) is 6. The third-order valence-corrected chi connectivity index (χ3v) is 9.01. The summed E-state index contributed by atoms with van der Waals surface area (Å²) in [4.78, 5) is 23.1. The lowest BCUT2D eigenvalue weighted by atomic mass is 9.82. The number of halogens is 3. The van der Waals surface area contributed by atoms with E-state index in [2.05, 4.69) is 34.5 Å². The first kappa shape index (κ1) is 29.3. The number of benzene rings is 1. The minimum absolute atomic E-state index is 0. The molecule has 4 fully saturated rings. The average Bonchev–Trinajstić information content (AvgIpc) is 3.17. The van der Waals surface area contributed by atoms with Gasteiger partial charge in [-0.25, -0.2) is 0 Å². The predicted molar refractivity (Wildman–Crippen MR) is 151 cm³/mol. The molecule has 4 aliphatic rings. The van der Waals surface area contributed by atoms with E-state index < -0.39 is 0 Å². The van der Waals surface area contributed by atoms with Crippen LogP contribution in [-0.4, -0.2) is 71.0 Å². The second-order valence-electron chi connectivity index (χ2n) is 10.9. The van der Waals surface area contributed by atoms with Crippen LogP contribution < -0.4 is 10.6 Å². The number of amides is 1. The normalized spacial score (nSPS) is 31.9. The molecule has 202 valence electrons. The van der Waals surface area contributed by atoms with Crippen molar-refractivity contribution >= 4 is 60.2 Å². The zero-order valence-electron chi connectivity index (χ0n) is 21.2. The van der Waals surface area contributed by atoms with Crippen molar-refractivity contribution in [3.8, 4) is 0 Å². The lowest BCUT2D eigenvalue weighted by Crippen LogP contribution is -2.55. The number of carbonyl (C=O) groups excluding carboxylic acids is 1. The third kappa shape index (κ3) is 5.60. The van der Waals surface area contributed by atoms with Gasteiger partial charge in [0.1, 0.15) is 5.52 Å². The molecule has 4 bridgehead atoms. The van der Waals surface area contributed by atoms with Crippen molar-refractivity contribution in [2.75, 3.05) is 19.4 Å². The van der Waals surface area contributed by atoms with Gasteiger partial charge in [-0.2, -0.15) is 4.98 Å². The van der Waals surface area contributed by atoms with Crippen molar-refractivity contribution in [2.24, 2.45) is 0 Å². The molecule has 5 heterocycles. The van der Waals surface area contributed by atoms with Crippen molar-refractivity contribution in [2.45, 2.75) is 100 Å². The lowest BCUT2D eigenvalue weighted by Gasteiger charge is -2.47. The molecule has 4 unspecified atom stereocenters. The van der Waals surface area contributed by atoms with Crippen LogP contribution in [0.4, 0.5) is 6.01 Å². The summed E-state index contributed by atoms with van der Waals surface area (Å²) < 4.78 is 6.05. The summed E-state index contributed by atoms with van der Waals surface area (Å²) in [5, 5.41) is 6.88. The average molecular weight is 561 g/mol. The molecule has 0 radical (unpaired) electrons. The maximum absolute atomic E-state index is 13.3. The Hall–Kier alpha value is -1.25. The molecule has 1 aromatic carbocycles. The SMILES string of the molecule is CN1C2CCCC1CC(NC(=O)c1cccc3oc(NC4CC5CCCC(C4)N5C)nc13)C2.Cl.Cl.Cl. The molecule has 4 atom stereocenters. The van der Waals surface area contributed by atoms with E-state index >= 15 is 0 Å². The minimum atomic E-state index is -0.0260. The van der Waals surface area contributed by atoms with E-state index in [1.54, 1.807) is 0 Å². The Labute approximate surface area is 232 Å². The summed E-state index contributed by atoms with van der Waals surface area (Å²) in [6.07, 6.45) is 12.0. The second-order valence-corrected chi connectivity index (χ2v) is 10.9. The van der Waals surface area contributed by atoms with Gasteiger partial charge >= 0.3 is 0 Å². The number of para-hydroxylation sites is 1. The van der Waals surface area contributed by atoms with Crippen LogP contribution in [0.5, 0.6) is 0 Å². The topological polar surface area (TPSA) is 73.6 Å². The van der Waals surface area contributed by atoms with E-state index in [0.717, 1.165) is 25.7 Å². The number of nitrogens with zero attached hydrogens (tertiary/aromatic N) is 3. The molecule has 1 amide bonds. The number of fused-ring (bicyclic) bond motifs is 5. The van der Waals surface area contributed by atoms with Gasteiger partial charge in [-0.3, -0.25) is 4.79 Å². The van der Waals surface area contributed by atoms with Crippen LogP contribution in [0.3, 0.4) is 0 Å². The van der Waals surface area contributed by atoms with Gasteiger partial charge in [0.05, 0.1) is 5.56 Å². The number of carbonyl (C=O) groups is 1. The summed E-state index contributed by atoms with van der Waals surface area (Å²) >= 11 is 0. The Balaban J connectivity index is 0.00000120. The van der Waals surface area contributed by atoms with Gasteiger partial charge < -0.3 is 24.9 Å². The first-order valence-electron chi connectivity index (χ1n) is 13.0. The van der Waals surface area contributed by atoms with Crippen LogP contribution >= 0.6 is 37.2 Å². The zero-order valence-corrected chi connectivity index (χ0v) is 23.6. The lowest BCUT2D eigenvalue weighted by molar-refractivity contribution is 0.0463. The second kappa shape index (κ2) is 12.1. The fraction of sp³-hybridized carbons (Fsp3) is 0.692. The molecule has 6 rings (SSSR count). The maximum Gasteiger partial charge on any atom is 0.295 e. The highest BCUT2D eigenvalue weighted by atomic mass is 35.5. The molecule has 10 heteroatoms. The first-order valence-corrected chi connectivity index (χ1v) is 13.0. The molecule has 36 heavy (non-hydrogen) atoms. The molecule has 1 aromatic heterocycles. The van der Waals surface area contributed by atoms with Crippen LogP contribution in [-0.2, 0) is 0 Å². The molecule has 4 saturated heterocycles. The Kier molecular flexibility index (Phi) is 9.83. The highest BCUT2D eigenvalue weighted by molar-refractivity contribution is 6.04. The number of oxazole rings is 1. The molecular weight excluding hydrogens is 521 g/mol. The monoisotopic (exact) mass is 559 g/mol. The van der Waals surface area contributed by atoms with Gasteiger partial charge in [-0.1, -0.05) is 18.9 Å². The smallest absolute Gasteiger partial charge is 0.295 e. The summed E-state index contributed by atoms with van der Waals surface area (Å²) in [7, 11) is 4.52. The Morgan fingerprint density at radius 2 is 1.39 bits per heavy atom. The van der Waals surface area contributed by atoms with Gasteiger partial charge in [-0.15, -0.1) is 37.2 Å². The van der Waals surface area contributed by atoms with E-state index in [9.17, 15) is 4.79 Å². The summed E-state index contributed by atoms with van der Waals surface area (Å²) in [6.45, 7) is 0. The van der Waals surface area contributed by atoms with E-state index in [-0.39, 0.29) is 49.2 Å². The van der Waals surface area contributed by atoms with Crippen LogP contribution in [0, 0.1) is 0 Å². The van der Waals surface area contributed by atoms with Crippen LogP contribution in [0.25, 0.3) is 11.1 Å². The van der Waals surface area contributed by atoms with Crippen molar-refractivity contribution in [3.63, 3.8) is 0 Å². The molecule has 2 aromatic rings. The number of rotatable bonds is 4. The molecule has 2 N–H and O–H groups in total. The first-order chi connectivity index (χ1) is 16.0. The van der Waals surface area contributed by atoms with E-state index in [0.29, 0.717) is 52.9 Å². The largest absolute Gasteiger partial charge is 0.424 e. The van der Waals surface area contributed by atoms with Crippen LogP contribution in [0.2, 0.25) is 0 Å². The Morgan fingerprint density at radius 1 is 0.861 bits per heavy atom. The molecule has 4 aliphatic heterocycles. The summed E-state index contributed by atoms with van der Waals surface area (Å²) in [5.41, 5.74) is 1.96. The number of hydrogen-bond donors (Lipinski definition) is 2. The van der Waals surface area contributed by atoms with E-state index in [4.69, 9.17) is 9.40 Å². The number of anilines is 1. The summed E-state index contributed by atoms with van der Waals surface area (Å²) in [6, 6.07) is 9.33.